The lowest BCUT2D eigenvalue weighted by atomic mass is 9.92. The Morgan fingerprint density at radius 1 is 1.21 bits per heavy atom. The second kappa shape index (κ2) is 7.79. The Balaban J connectivity index is 3.07. The summed E-state index contributed by atoms with van der Waals surface area (Å²) in [6, 6.07) is 6.96. The number of hydrogen-bond acceptors (Lipinski definition) is 1. The highest BCUT2D eigenvalue weighted by molar-refractivity contribution is 6.00. The van der Waals surface area contributed by atoms with Crippen LogP contribution in [0.3, 0.4) is 0 Å². The maximum atomic E-state index is 5.26. The van der Waals surface area contributed by atoms with Crippen LogP contribution in [-0.4, -0.2) is 5.71 Å². The predicted molar refractivity (Wildman–Crippen MR) is 84.8 cm³/mol. The molecule has 0 atom stereocenters. The van der Waals surface area contributed by atoms with E-state index in [1.165, 1.54) is 47.9 Å². The fraction of sp³-hybridized carbons (Fsp3) is 0.500. The van der Waals surface area contributed by atoms with E-state index in [9.17, 15) is 0 Å². The van der Waals surface area contributed by atoms with Crippen molar-refractivity contribution < 1.29 is 0 Å². The van der Waals surface area contributed by atoms with E-state index in [2.05, 4.69) is 43.9 Å². The first-order valence-electron chi connectivity index (χ1n) is 7.26. The van der Waals surface area contributed by atoms with E-state index in [4.69, 9.17) is 6.42 Å². The van der Waals surface area contributed by atoms with Crippen LogP contribution < -0.4 is 0 Å². The average molecular weight is 255 g/mol. The molecule has 1 aromatic rings. The molecule has 0 fully saturated rings. The second-order valence-electron chi connectivity index (χ2n) is 5.07. The van der Waals surface area contributed by atoms with E-state index in [0.717, 1.165) is 12.1 Å². The van der Waals surface area contributed by atoms with Gasteiger partial charge in [-0.3, -0.25) is 0 Å². The molecular formula is C18H25N. The monoisotopic (exact) mass is 255 g/mol. The van der Waals surface area contributed by atoms with Crippen molar-refractivity contribution in [2.75, 3.05) is 0 Å². The first-order chi connectivity index (χ1) is 9.13. The van der Waals surface area contributed by atoms with E-state index >= 15 is 0 Å². The lowest BCUT2D eigenvalue weighted by Gasteiger charge is -2.13. The molecule has 1 rings (SSSR count). The summed E-state index contributed by atoms with van der Waals surface area (Å²) in [4.78, 5) is 4.08. The molecule has 0 aliphatic heterocycles. The van der Waals surface area contributed by atoms with Gasteiger partial charge in [-0.2, -0.15) is 0 Å². The van der Waals surface area contributed by atoms with E-state index < -0.39 is 0 Å². The van der Waals surface area contributed by atoms with Gasteiger partial charge in [-0.1, -0.05) is 39.2 Å². The first-order valence-corrected chi connectivity index (χ1v) is 7.26. The van der Waals surface area contributed by atoms with Crippen LogP contribution in [0.25, 0.3) is 0 Å². The van der Waals surface area contributed by atoms with Gasteiger partial charge < -0.3 is 0 Å². The lowest BCUT2D eigenvalue weighted by Crippen LogP contribution is -2.03. The molecule has 0 bridgehead atoms. The largest absolute Gasteiger partial charge is 0.202 e. The zero-order valence-electron chi connectivity index (χ0n) is 12.7. The van der Waals surface area contributed by atoms with Crippen LogP contribution in [0.1, 0.15) is 62.3 Å². The van der Waals surface area contributed by atoms with Crippen molar-refractivity contribution in [2.24, 2.45) is 4.99 Å². The number of unbranched alkanes of at least 4 members (excludes halogenated alkanes) is 2. The Kier molecular flexibility index (Phi) is 6.36. The lowest BCUT2D eigenvalue weighted by molar-refractivity contribution is 0.713. The Morgan fingerprint density at radius 3 is 2.53 bits per heavy atom. The Bertz CT molecular complexity index is 489. The van der Waals surface area contributed by atoms with Gasteiger partial charge >= 0.3 is 0 Å². The summed E-state index contributed by atoms with van der Waals surface area (Å²) in [5.74, 6) is 0. The van der Waals surface area contributed by atoms with Gasteiger partial charge in [0, 0.05) is 6.04 Å². The normalized spacial score (nSPS) is 11.4. The van der Waals surface area contributed by atoms with Gasteiger partial charge in [0.15, 0.2) is 0 Å². The number of aryl methyl sites for hydroxylation is 3. The number of rotatable bonds is 6. The molecular weight excluding hydrogens is 230 g/mol. The summed E-state index contributed by atoms with van der Waals surface area (Å²) in [7, 11) is 0. The van der Waals surface area contributed by atoms with Crippen molar-refractivity contribution in [1.82, 2.24) is 0 Å². The van der Waals surface area contributed by atoms with Crippen LogP contribution in [0.4, 0.5) is 0 Å². The van der Waals surface area contributed by atoms with Crippen LogP contribution in [0.15, 0.2) is 17.1 Å². The molecule has 0 N–H and O–H groups in total. The van der Waals surface area contributed by atoms with E-state index in [1.54, 1.807) is 0 Å². The summed E-state index contributed by atoms with van der Waals surface area (Å²) >= 11 is 0. The minimum atomic E-state index is 0.940. The molecule has 0 aromatic heterocycles. The summed E-state index contributed by atoms with van der Waals surface area (Å²) < 4.78 is 0. The molecule has 0 saturated heterocycles. The zero-order valence-corrected chi connectivity index (χ0v) is 12.7. The molecule has 0 aliphatic rings. The molecule has 102 valence electrons. The molecule has 0 amide bonds. The maximum Gasteiger partial charge on any atom is 0.0554 e. The molecule has 0 spiro atoms. The molecule has 0 unspecified atom stereocenters. The van der Waals surface area contributed by atoms with Gasteiger partial charge in [-0.25, -0.2) is 4.99 Å². The van der Waals surface area contributed by atoms with Crippen molar-refractivity contribution in [3.8, 4) is 12.5 Å². The van der Waals surface area contributed by atoms with Gasteiger partial charge in [0.05, 0.1) is 5.71 Å². The average Bonchev–Trinajstić information content (AvgIpc) is 2.39. The Hall–Kier alpha value is -1.55. The second-order valence-corrected chi connectivity index (χ2v) is 5.07. The number of nitrogens with zero attached hydrogens (tertiary/aromatic N) is 1. The molecule has 19 heavy (non-hydrogen) atoms. The molecule has 1 aromatic carbocycles. The van der Waals surface area contributed by atoms with Crippen LogP contribution in [0.2, 0.25) is 0 Å². The molecule has 0 heterocycles. The Morgan fingerprint density at radius 2 is 1.95 bits per heavy atom. The van der Waals surface area contributed by atoms with Crippen LogP contribution in [0, 0.1) is 19.4 Å². The fourth-order valence-electron chi connectivity index (χ4n) is 2.49. The van der Waals surface area contributed by atoms with Gasteiger partial charge in [0.1, 0.15) is 0 Å². The highest BCUT2D eigenvalue weighted by Gasteiger charge is 2.08. The van der Waals surface area contributed by atoms with E-state index in [-0.39, 0.29) is 0 Å². The maximum absolute atomic E-state index is 5.26. The number of benzene rings is 1. The van der Waals surface area contributed by atoms with Crippen LogP contribution >= 0.6 is 0 Å². The molecule has 0 saturated carbocycles. The SMILES string of the molecule is C#C/N=C(/C)c1cc(CC)c(CCCCC)cc1C. The third-order valence-electron chi connectivity index (χ3n) is 3.60. The summed E-state index contributed by atoms with van der Waals surface area (Å²) in [6.07, 6.45) is 11.4. The predicted octanol–water partition coefficient (Wildman–Crippen LogP) is 4.69. The van der Waals surface area contributed by atoms with Gasteiger partial charge in [-0.15, -0.1) is 0 Å². The van der Waals surface area contributed by atoms with Crippen molar-refractivity contribution in [3.63, 3.8) is 0 Å². The molecule has 1 heteroatoms. The summed E-state index contributed by atoms with van der Waals surface area (Å²) in [5.41, 5.74) is 6.33. The van der Waals surface area contributed by atoms with Crippen LogP contribution in [-0.2, 0) is 12.8 Å². The molecule has 1 nitrogen and oxygen atoms in total. The van der Waals surface area contributed by atoms with E-state index in [0.29, 0.717) is 0 Å². The number of aliphatic imine (C=N–C) groups is 1. The zero-order chi connectivity index (χ0) is 14.3. The standard InChI is InChI=1S/C18H25N/c1-6-9-10-11-17-12-14(4)18(13-16(17)7-2)15(5)19-8-3/h3,12-13H,6-7,9-11H2,1-2,4-5H3/b19-15-. The Labute approximate surface area is 118 Å². The number of terminal acetylenes is 1. The van der Waals surface area contributed by atoms with Crippen molar-refractivity contribution in [1.29, 1.82) is 0 Å². The molecule has 0 aliphatic carbocycles. The first kappa shape index (κ1) is 15.5. The van der Waals surface area contributed by atoms with Crippen LogP contribution in [0.5, 0.6) is 0 Å². The number of hydrogen-bond donors (Lipinski definition) is 0. The third kappa shape index (κ3) is 4.24. The quantitative estimate of drug-likeness (QED) is 0.397. The highest BCUT2D eigenvalue weighted by atomic mass is 14.7. The highest BCUT2D eigenvalue weighted by Crippen LogP contribution is 2.20. The minimum absolute atomic E-state index is 0.940. The topological polar surface area (TPSA) is 12.4 Å². The van der Waals surface area contributed by atoms with Crippen molar-refractivity contribution >= 4 is 5.71 Å². The van der Waals surface area contributed by atoms with Crippen molar-refractivity contribution in [3.05, 3.63) is 34.4 Å². The van der Waals surface area contributed by atoms with Gasteiger partial charge in [0.2, 0.25) is 0 Å². The van der Waals surface area contributed by atoms with Crippen molar-refractivity contribution in [2.45, 2.75) is 59.8 Å². The van der Waals surface area contributed by atoms with Gasteiger partial charge in [0.25, 0.3) is 0 Å². The van der Waals surface area contributed by atoms with E-state index in [1.807, 2.05) is 6.92 Å². The smallest absolute Gasteiger partial charge is 0.0554 e. The minimum Gasteiger partial charge on any atom is -0.202 e. The van der Waals surface area contributed by atoms with Gasteiger partial charge in [-0.05, 0) is 61.4 Å². The molecule has 0 radical (unpaired) electrons. The summed E-state index contributed by atoms with van der Waals surface area (Å²) in [6.45, 7) is 8.59. The summed E-state index contributed by atoms with van der Waals surface area (Å²) in [5, 5.41) is 0. The fourth-order valence-corrected chi connectivity index (χ4v) is 2.49. The third-order valence-corrected chi connectivity index (χ3v) is 3.60.